The maximum atomic E-state index is 12.5. The van der Waals surface area contributed by atoms with Gasteiger partial charge in [-0.15, -0.1) is 0 Å². The van der Waals surface area contributed by atoms with Crippen LogP contribution in [0.2, 0.25) is 0 Å². The van der Waals surface area contributed by atoms with Crippen LogP contribution in [0.15, 0.2) is 60.7 Å². The molecule has 0 bridgehead atoms. The third kappa shape index (κ3) is 3.52. The monoisotopic (exact) mass is 298 g/mol. The van der Waals surface area contributed by atoms with Crippen molar-refractivity contribution >= 4 is 11.9 Å². The molecule has 0 aliphatic rings. The zero-order valence-electron chi connectivity index (χ0n) is 12.6. The van der Waals surface area contributed by atoms with Crippen LogP contribution in [0.5, 0.6) is 5.75 Å². The zero-order valence-corrected chi connectivity index (χ0v) is 12.6. The Kier molecular flexibility index (Phi) is 4.94. The van der Waals surface area contributed by atoms with Crippen molar-refractivity contribution in [3.63, 3.8) is 0 Å². The first-order valence-corrected chi connectivity index (χ1v) is 6.96. The fourth-order valence-corrected chi connectivity index (χ4v) is 2.17. The molecule has 0 aliphatic heterocycles. The van der Waals surface area contributed by atoms with E-state index in [1.807, 2.05) is 36.4 Å². The second-order valence-electron chi connectivity index (χ2n) is 5.19. The van der Waals surface area contributed by atoms with Crippen LogP contribution in [0, 0.1) is 5.41 Å². The van der Waals surface area contributed by atoms with E-state index in [1.165, 1.54) is 14.0 Å². The quantitative estimate of drug-likeness (QED) is 0.484. The summed E-state index contributed by atoms with van der Waals surface area (Å²) in [4.78, 5) is 24.7. The largest absolute Gasteiger partial charge is 0.468 e. The Bertz CT molecular complexity index is 637. The topological polar surface area (TPSA) is 52.6 Å². The number of ether oxygens (including phenoxy) is 2. The molecule has 1 atom stereocenters. The van der Waals surface area contributed by atoms with Gasteiger partial charge in [-0.3, -0.25) is 9.59 Å². The van der Waals surface area contributed by atoms with Crippen LogP contribution in [0.4, 0.5) is 0 Å². The predicted molar refractivity (Wildman–Crippen MR) is 82.3 cm³/mol. The average molecular weight is 298 g/mol. The highest BCUT2D eigenvalue weighted by Gasteiger charge is 2.44. The molecule has 22 heavy (non-hydrogen) atoms. The van der Waals surface area contributed by atoms with E-state index in [-0.39, 0.29) is 6.42 Å². The number of para-hydroxylation sites is 1. The number of carbonyl (C=O) groups is 2. The second-order valence-corrected chi connectivity index (χ2v) is 5.19. The summed E-state index contributed by atoms with van der Waals surface area (Å²) in [5.74, 6) is -0.845. The molecule has 0 saturated carbocycles. The van der Waals surface area contributed by atoms with Gasteiger partial charge >= 0.3 is 11.9 Å². The number of rotatable bonds is 5. The van der Waals surface area contributed by atoms with Crippen LogP contribution in [0.3, 0.4) is 0 Å². The van der Waals surface area contributed by atoms with E-state index in [0.29, 0.717) is 5.75 Å². The van der Waals surface area contributed by atoms with E-state index in [1.54, 1.807) is 24.3 Å². The molecule has 0 fully saturated rings. The standard InChI is InChI=1S/C18H18O4/c1-18(16(19)21-2,13-14-9-5-3-6-10-14)17(20)22-15-11-7-4-8-12-15/h3-12H,13H2,1-2H3. The molecule has 0 aliphatic carbocycles. The predicted octanol–water partition coefficient (Wildman–Crippen LogP) is 3.01. The van der Waals surface area contributed by atoms with Gasteiger partial charge in [-0.05, 0) is 31.0 Å². The molecule has 0 radical (unpaired) electrons. The summed E-state index contributed by atoms with van der Waals surface area (Å²) in [6.07, 6.45) is 0.214. The van der Waals surface area contributed by atoms with E-state index >= 15 is 0 Å². The van der Waals surface area contributed by atoms with Gasteiger partial charge in [-0.2, -0.15) is 0 Å². The Morgan fingerprint density at radius 2 is 1.45 bits per heavy atom. The number of carbonyl (C=O) groups excluding carboxylic acids is 2. The minimum atomic E-state index is -1.40. The van der Waals surface area contributed by atoms with E-state index in [2.05, 4.69) is 0 Å². The van der Waals surface area contributed by atoms with Gasteiger partial charge in [0.1, 0.15) is 5.75 Å². The highest BCUT2D eigenvalue weighted by atomic mass is 16.6. The molecular formula is C18H18O4. The van der Waals surface area contributed by atoms with Crippen LogP contribution < -0.4 is 4.74 Å². The van der Waals surface area contributed by atoms with Gasteiger partial charge in [-0.25, -0.2) is 0 Å². The molecule has 1 unspecified atom stereocenters. The summed E-state index contributed by atoms with van der Waals surface area (Å²) >= 11 is 0. The summed E-state index contributed by atoms with van der Waals surface area (Å²) in [5.41, 5.74) is -0.535. The Morgan fingerprint density at radius 1 is 0.909 bits per heavy atom. The Hall–Kier alpha value is -2.62. The van der Waals surface area contributed by atoms with E-state index in [4.69, 9.17) is 9.47 Å². The van der Waals surface area contributed by atoms with Crippen LogP contribution >= 0.6 is 0 Å². The minimum absolute atomic E-state index is 0.214. The smallest absolute Gasteiger partial charge is 0.328 e. The summed E-state index contributed by atoms with van der Waals surface area (Å²) in [6, 6.07) is 18.0. The molecule has 2 rings (SSSR count). The van der Waals surface area contributed by atoms with Crippen LogP contribution in [0.25, 0.3) is 0 Å². The molecule has 0 heterocycles. The summed E-state index contributed by atoms with van der Waals surface area (Å²) in [7, 11) is 1.27. The van der Waals surface area contributed by atoms with Crippen molar-refractivity contribution in [3.8, 4) is 5.75 Å². The molecule has 4 heteroatoms. The number of hydrogen-bond donors (Lipinski definition) is 0. The number of benzene rings is 2. The lowest BCUT2D eigenvalue weighted by Gasteiger charge is -2.24. The molecule has 0 spiro atoms. The van der Waals surface area contributed by atoms with Crippen LogP contribution in [-0.2, 0) is 20.7 Å². The molecule has 114 valence electrons. The molecule has 0 aromatic heterocycles. The molecular weight excluding hydrogens is 280 g/mol. The van der Waals surface area contributed by atoms with Gasteiger partial charge in [-0.1, -0.05) is 48.5 Å². The van der Waals surface area contributed by atoms with Crippen molar-refractivity contribution in [2.75, 3.05) is 7.11 Å². The Labute approximate surface area is 129 Å². The van der Waals surface area contributed by atoms with E-state index in [0.717, 1.165) is 5.56 Å². The lowest BCUT2D eigenvalue weighted by molar-refractivity contribution is -0.163. The maximum absolute atomic E-state index is 12.5. The molecule has 2 aromatic carbocycles. The number of methoxy groups -OCH3 is 1. The fourth-order valence-electron chi connectivity index (χ4n) is 2.17. The lowest BCUT2D eigenvalue weighted by Crippen LogP contribution is -2.42. The van der Waals surface area contributed by atoms with Crippen molar-refractivity contribution in [2.45, 2.75) is 13.3 Å². The Balaban J connectivity index is 2.25. The first-order chi connectivity index (χ1) is 10.6. The van der Waals surface area contributed by atoms with Crippen molar-refractivity contribution in [1.82, 2.24) is 0 Å². The third-order valence-electron chi connectivity index (χ3n) is 3.44. The number of hydrogen-bond acceptors (Lipinski definition) is 4. The summed E-state index contributed by atoms with van der Waals surface area (Å²) in [5, 5.41) is 0. The fraction of sp³-hybridized carbons (Fsp3) is 0.222. The van der Waals surface area contributed by atoms with E-state index < -0.39 is 17.4 Å². The van der Waals surface area contributed by atoms with Gasteiger partial charge in [0.2, 0.25) is 0 Å². The lowest BCUT2D eigenvalue weighted by atomic mass is 9.83. The van der Waals surface area contributed by atoms with Crippen molar-refractivity contribution in [1.29, 1.82) is 0 Å². The average Bonchev–Trinajstić information content (AvgIpc) is 2.55. The van der Waals surface area contributed by atoms with Gasteiger partial charge in [0.15, 0.2) is 5.41 Å². The van der Waals surface area contributed by atoms with Gasteiger partial charge < -0.3 is 9.47 Å². The first kappa shape index (κ1) is 15.8. The van der Waals surface area contributed by atoms with Crippen molar-refractivity contribution in [3.05, 3.63) is 66.2 Å². The zero-order chi connectivity index (χ0) is 16.0. The summed E-state index contributed by atoms with van der Waals surface area (Å²) in [6.45, 7) is 1.54. The van der Waals surface area contributed by atoms with Crippen LogP contribution in [0.1, 0.15) is 12.5 Å². The molecule has 0 N–H and O–H groups in total. The molecule has 0 amide bonds. The van der Waals surface area contributed by atoms with Crippen molar-refractivity contribution < 1.29 is 19.1 Å². The summed E-state index contributed by atoms with van der Waals surface area (Å²) < 4.78 is 10.1. The third-order valence-corrected chi connectivity index (χ3v) is 3.44. The van der Waals surface area contributed by atoms with Crippen molar-refractivity contribution in [2.24, 2.45) is 5.41 Å². The first-order valence-electron chi connectivity index (χ1n) is 6.96. The van der Waals surface area contributed by atoms with Gasteiger partial charge in [0.05, 0.1) is 7.11 Å². The SMILES string of the molecule is COC(=O)C(C)(Cc1ccccc1)C(=O)Oc1ccccc1. The molecule has 0 saturated heterocycles. The van der Waals surface area contributed by atoms with Gasteiger partial charge in [0.25, 0.3) is 0 Å². The Morgan fingerprint density at radius 3 is 2.00 bits per heavy atom. The second kappa shape index (κ2) is 6.89. The maximum Gasteiger partial charge on any atom is 0.328 e. The molecule has 4 nitrogen and oxygen atoms in total. The minimum Gasteiger partial charge on any atom is -0.468 e. The highest BCUT2D eigenvalue weighted by molar-refractivity contribution is 6.00. The molecule has 2 aromatic rings. The highest BCUT2D eigenvalue weighted by Crippen LogP contribution is 2.27. The van der Waals surface area contributed by atoms with Crippen LogP contribution in [-0.4, -0.2) is 19.0 Å². The van der Waals surface area contributed by atoms with Gasteiger partial charge in [0, 0.05) is 0 Å². The number of esters is 2. The van der Waals surface area contributed by atoms with E-state index in [9.17, 15) is 9.59 Å². The normalized spacial score (nSPS) is 13.0.